The maximum Gasteiger partial charge on any atom is 0.148 e. The van der Waals surface area contributed by atoms with Crippen LogP contribution in [0.1, 0.15) is 5.56 Å². The van der Waals surface area contributed by atoms with Crippen LogP contribution in [0, 0.1) is 0 Å². The fourth-order valence-corrected chi connectivity index (χ4v) is 1.90. The van der Waals surface area contributed by atoms with Gasteiger partial charge in [0, 0.05) is 16.7 Å². The van der Waals surface area contributed by atoms with Crippen LogP contribution in [0.4, 0.5) is 0 Å². The number of rotatable bonds is 1. The molecule has 0 bridgehead atoms. The normalized spacial score (nSPS) is 10.8. The van der Waals surface area contributed by atoms with Gasteiger partial charge in [0.1, 0.15) is 5.58 Å². The van der Waals surface area contributed by atoms with Crippen LogP contribution in [-0.2, 0) is 5.75 Å². The minimum atomic E-state index is 0.712. The van der Waals surface area contributed by atoms with Gasteiger partial charge in [-0.05, 0) is 22.0 Å². The van der Waals surface area contributed by atoms with E-state index in [9.17, 15) is 0 Å². The van der Waals surface area contributed by atoms with Gasteiger partial charge in [-0.25, -0.2) is 0 Å². The van der Waals surface area contributed by atoms with Gasteiger partial charge in [-0.3, -0.25) is 0 Å². The first-order valence-electron chi connectivity index (χ1n) is 3.58. The second-order valence-electron chi connectivity index (χ2n) is 2.54. The van der Waals surface area contributed by atoms with Crippen molar-refractivity contribution in [2.24, 2.45) is 0 Å². The monoisotopic (exact) mass is 242 g/mol. The average Bonchev–Trinajstić information content (AvgIpc) is 2.49. The van der Waals surface area contributed by atoms with E-state index in [1.165, 1.54) is 0 Å². The van der Waals surface area contributed by atoms with Gasteiger partial charge in [-0.2, -0.15) is 12.6 Å². The Labute approximate surface area is 84.3 Å². The lowest BCUT2D eigenvalue weighted by Gasteiger charge is -1.92. The predicted molar refractivity (Wildman–Crippen MR) is 56.6 cm³/mol. The molecule has 0 aliphatic heterocycles. The number of para-hydroxylation sites is 1. The fraction of sp³-hybridized carbons (Fsp3) is 0.111. The van der Waals surface area contributed by atoms with E-state index in [0.717, 1.165) is 21.0 Å². The SMILES string of the molecule is SCc1coc2c(Br)cccc12. The third-order valence-corrected chi connectivity index (χ3v) is 2.77. The van der Waals surface area contributed by atoms with Crippen molar-refractivity contribution in [1.29, 1.82) is 0 Å². The summed E-state index contributed by atoms with van der Waals surface area (Å²) in [5.41, 5.74) is 2.04. The zero-order valence-electron chi connectivity index (χ0n) is 6.25. The van der Waals surface area contributed by atoms with Crippen molar-refractivity contribution in [3.05, 3.63) is 34.5 Å². The lowest BCUT2D eigenvalue weighted by atomic mass is 10.2. The third-order valence-electron chi connectivity index (χ3n) is 1.80. The molecule has 2 rings (SSSR count). The topological polar surface area (TPSA) is 13.1 Å². The number of halogens is 1. The Kier molecular flexibility index (Phi) is 2.15. The minimum Gasteiger partial charge on any atom is -0.463 e. The summed E-state index contributed by atoms with van der Waals surface area (Å²) in [7, 11) is 0. The Morgan fingerprint density at radius 2 is 2.25 bits per heavy atom. The molecule has 0 saturated carbocycles. The van der Waals surface area contributed by atoms with E-state index in [-0.39, 0.29) is 0 Å². The summed E-state index contributed by atoms with van der Waals surface area (Å²) in [6, 6.07) is 6.00. The van der Waals surface area contributed by atoms with E-state index < -0.39 is 0 Å². The summed E-state index contributed by atoms with van der Waals surface area (Å²) in [6.07, 6.45) is 1.75. The van der Waals surface area contributed by atoms with Crippen molar-refractivity contribution in [3.63, 3.8) is 0 Å². The van der Waals surface area contributed by atoms with Gasteiger partial charge in [-0.1, -0.05) is 12.1 Å². The molecule has 1 aromatic carbocycles. The van der Waals surface area contributed by atoms with E-state index in [4.69, 9.17) is 4.42 Å². The van der Waals surface area contributed by atoms with Gasteiger partial charge in [0.05, 0.1) is 10.7 Å². The van der Waals surface area contributed by atoms with Crippen LogP contribution in [0.25, 0.3) is 11.0 Å². The van der Waals surface area contributed by atoms with E-state index in [0.29, 0.717) is 5.75 Å². The maximum absolute atomic E-state index is 5.37. The molecule has 0 N–H and O–H groups in total. The number of benzene rings is 1. The smallest absolute Gasteiger partial charge is 0.148 e. The molecule has 1 aromatic heterocycles. The van der Waals surface area contributed by atoms with Gasteiger partial charge in [0.2, 0.25) is 0 Å². The van der Waals surface area contributed by atoms with E-state index in [1.54, 1.807) is 6.26 Å². The summed E-state index contributed by atoms with van der Waals surface area (Å²) >= 11 is 7.63. The highest BCUT2D eigenvalue weighted by atomic mass is 79.9. The molecule has 3 heteroatoms. The molecule has 0 amide bonds. The van der Waals surface area contributed by atoms with Gasteiger partial charge in [-0.15, -0.1) is 0 Å². The molecule has 0 radical (unpaired) electrons. The number of hydrogen-bond donors (Lipinski definition) is 1. The molecule has 2 aromatic rings. The van der Waals surface area contributed by atoms with Crippen LogP contribution in [0.3, 0.4) is 0 Å². The molecule has 0 aliphatic rings. The molecule has 62 valence electrons. The Hall–Kier alpha value is -0.410. The summed E-state index contributed by atoms with van der Waals surface area (Å²) in [4.78, 5) is 0. The van der Waals surface area contributed by atoms with Crippen molar-refractivity contribution < 1.29 is 4.42 Å². The number of thiol groups is 1. The maximum atomic E-state index is 5.37. The van der Waals surface area contributed by atoms with Gasteiger partial charge >= 0.3 is 0 Å². The first kappa shape index (κ1) is 8.20. The van der Waals surface area contributed by atoms with Crippen LogP contribution in [0.2, 0.25) is 0 Å². The van der Waals surface area contributed by atoms with Crippen molar-refractivity contribution in [1.82, 2.24) is 0 Å². The van der Waals surface area contributed by atoms with Crippen LogP contribution in [0.5, 0.6) is 0 Å². The highest BCUT2D eigenvalue weighted by Gasteiger charge is 2.05. The van der Waals surface area contributed by atoms with E-state index in [2.05, 4.69) is 28.6 Å². The largest absolute Gasteiger partial charge is 0.463 e. The second-order valence-corrected chi connectivity index (χ2v) is 3.71. The number of hydrogen-bond acceptors (Lipinski definition) is 2. The minimum absolute atomic E-state index is 0.712. The molecule has 0 unspecified atom stereocenters. The van der Waals surface area contributed by atoms with Gasteiger partial charge in [0.15, 0.2) is 0 Å². The highest BCUT2D eigenvalue weighted by Crippen LogP contribution is 2.28. The summed E-state index contributed by atoms with van der Waals surface area (Å²) in [5.74, 6) is 0.712. The molecule has 0 aliphatic carbocycles. The Morgan fingerprint density at radius 1 is 1.42 bits per heavy atom. The molecular weight excluding hydrogens is 236 g/mol. The summed E-state index contributed by atoms with van der Waals surface area (Å²) in [5, 5.41) is 1.14. The Bertz CT molecular complexity index is 408. The lowest BCUT2D eigenvalue weighted by Crippen LogP contribution is -1.72. The lowest BCUT2D eigenvalue weighted by molar-refractivity contribution is 0.611. The predicted octanol–water partition coefficient (Wildman–Crippen LogP) is 3.63. The molecule has 0 fully saturated rings. The van der Waals surface area contributed by atoms with Crippen molar-refractivity contribution in [2.45, 2.75) is 5.75 Å². The highest BCUT2D eigenvalue weighted by molar-refractivity contribution is 9.10. The first-order valence-corrected chi connectivity index (χ1v) is 5.01. The van der Waals surface area contributed by atoms with E-state index >= 15 is 0 Å². The zero-order chi connectivity index (χ0) is 8.55. The van der Waals surface area contributed by atoms with Crippen molar-refractivity contribution >= 4 is 39.5 Å². The zero-order valence-corrected chi connectivity index (χ0v) is 8.73. The number of furan rings is 1. The molecule has 0 atom stereocenters. The second kappa shape index (κ2) is 3.15. The Morgan fingerprint density at radius 3 is 3.00 bits per heavy atom. The number of fused-ring (bicyclic) bond motifs is 1. The molecule has 12 heavy (non-hydrogen) atoms. The van der Waals surface area contributed by atoms with Gasteiger partial charge in [0.25, 0.3) is 0 Å². The quantitative estimate of drug-likeness (QED) is 0.755. The molecule has 1 heterocycles. The van der Waals surface area contributed by atoms with Crippen molar-refractivity contribution in [2.75, 3.05) is 0 Å². The first-order chi connectivity index (χ1) is 5.83. The third kappa shape index (κ3) is 1.17. The fourth-order valence-electron chi connectivity index (χ4n) is 1.20. The molecule has 0 spiro atoms. The van der Waals surface area contributed by atoms with Crippen LogP contribution < -0.4 is 0 Å². The van der Waals surface area contributed by atoms with Gasteiger partial charge < -0.3 is 4.42 Å². The molecular formula is C9H7BrOS. The Balaban J connectivity index is 2.80. The van der Waals surface area contributed by atoms with E-state index in [1.807, 2.05) is 18.2 Å². The summed E-state index contributed by atoms with van der Waals surface area (Å²) in [6.45, 7) is 0. The van der Waals surface area contributed by atoms with Crippen molar-refractivity contribution in [3.8, 4) is 0 Å². The van der Waals surface area contributed by atoms with Crippen LogP contribution in [-0.4, -0.2) is 0 Å². The van der Waals surface area contributed by atoms with Crippen LogP contribution >= 0.6 is 28.6 Å². The van der Waals surface area contributed by atoms with Crippen LogP contribution in [0.15, 0.2) is 33.4 Å². The average molecular weight is 243 g/mol. The molecule has 0 saturated heterocycles. The standard InChI is InChI=1S/C9H7BrOS/c10-8-3-1-2-7-6(5-12)4-11-9(7)8/h1-4,12H,5H2. The summed E-state index contributed by atoms with van der Waals surface area (Å²) < 4.78 is 6.37. The molecule has 1 nitrogen and oxygen atoms in total.